The third kappa shape index (κ3) is 4.38. The van der Waals surface area contributed by atoms with Crippen molar-refractivity contribution in [2.45, 2.75) is 19.0 Å². The predicted octanol–water partition coefficient (Wildman–Crippen LogP) is 3.31. The summed E-state index contributed by atoms with van der Waals surface area (Å²) in [6, 6.07) is 11.2. The number of hydrogen-bond donors (Lipinski definition) is 1. The number of carbonyl (C=O) groups excluding carboxylic acids is 2. The van der Waals surface area contributed by atoms with E-state index in [1.165, 1.54) is 30.2 Å². The number of nitro groups is 1. The van der Waals surface area contributed by atoms with Gasteiger partial charge in [-0.15, -0.1) is 0 Å². The fourth-order valence-corrected chi connectivity index (χ4v) is 4.01. The summed E-state index contributed by atoms with van der Waals surface area (Å²) >= 11 is 0. The van der Waals surface area contributed by atoms with E-state index < -0.39 is 22.7 Å². The summed E-state index contributed by atoms with van der Waals surface area (Å²) in [5.74, 6) is -1.40. The molecule has 0 saturated carbocycles. The molecule has 1 N–H and O–H groups in total. The summed E-state index contributed by atoms with van der Waals surface area (Å²) in [7, 11) is 1.51. The number of benzene rings is 2. The number of imidazole rings is 1. The minimum atomic E-state index is -0.968. The Balaban J connectivity index is 1.76. The van der Waals surface area contributed by atoms with E-state index >= 15 is 0 Å². The number of aliphatic hydroxyl groups is 1. The molecule has 10 nitrogen and oxygen atoms in total. The second-order valence-electron chi connectivity index (χ2n) is 7.73. The lowest BCUT2D eigenvalue weighted by Crippen LogP contribution is -2.31. The molecule has 3 aromatic rings. The Kier molecular flexibility index (Phi) is 6.39. The first-order chi connectivity index (χ1) is 16.4. The van der Waals surface area contributed by atoms with Crippen LogP contribution in [0.15, 0.2) is 72.8 Å². The number of amides is 1. The van der Waals surface area contributed by atoms with Crippen LogP contribution in [-0.4, -0.2) is 49.8 Å². The van der Waals surface area contributed by atoms with Gasteiger partial charge in [0.1, 0.15) is 11.5 Å². The largest absolute Gasteiger partial charge is 0.507 e. The molecule has 1 aliphatic heterocycles. The van der Waals surface area contributed by atoms with Gasteiger partial charge in [0.15, 0.2) is 0 Å². The van der Waals surface area contributed by atoms with Gasteiger partial charge in [0.25, 0.3) is 17.4 Å². The molecular weight excluding hydrogens is 440 g/mol. The van der Waals surface area contributed by atoms with Gasteiger partial charge in [-0.05, 0) is 36.2 Å². The summed E-state index contributed by atoms with van der Waals surface area (Å²) in [6.45, 7) is 0.763. The number of Topliss-reactive ketones (excluding diaryl/α,β-unsaturated/α-hetero) is 1. The molecule has 1 atom stereocenters. The number of rotatable bonds is 8. The fourth-order valence-electron chi connectivity index (χ4n) is 4.01. The van der Waals surface area contributed by atoms with Gasteiger partial charge < -0.3 is 19.3 Å². The summed E-state index contributed by atoms with van der Waals surface area (Å²) in [6.07, 6.45) is 5.59. The first kappa shape index (κ1) is 22.7. The van der Waals surface area contributed by atoms with Crippen LogP contribution < -0.4 is 4.74 Å². The zero-order valence-corrected chi connectivity index (χ0v) is 18.3. The second-order valence-corrected chi connectivity index (χ2v) is 7.73. The Bertz CT molecular complexity index is 1250. The maximum atomic E-state index is 13.1. The van der Waals surface area contributed by atoms with E-state index in [2.05, 4.69) is 4.98 Å². The van der Waals surface area contributed by atoms with E-state index in [9.17, 15) is 24.8 Å². The molecule has 1 fully saturated rings. The van der Waals surface area contributed by atoms with Crippen LogP contribution in [-0.2, 0) is 16.1 Å². The Morgan fingerprint density at radius 3 is 2.59 bits per heavy atom. The molecule has 0 bridgehead atoms. The number of nitro benzene ring substituents is 1. The number of ketones is 1. The monoisotopic (exact) mass is 462 g/mol. The van der Waals surface area contributed by atoms with Gasteiger partial charge >= 0.3 is 0 Å². The number of likely N-dealkylation sites (tertiary alicyclic amines) is 1. The molecule has 1 aromatic heterocycles. The van der Waals surface area contributed by atoms with Crippen LogP contribution in [0.2, 0.25) is 0 Å². The van der Waals surface area contributed by atoms with Gasteiger partial charge in [0.05, 0.1) is 30.0 Å². The number of non-ortho nitro benzene ring substituents is 1. The van der Waals surface area contributed by atoms with Crippen LogP contribution in [0.25, 0.3) is 5.76 Å². The summed E-state index contributed by atoms with van der Waals surface area (Å²) in [5.41, 5.74) is 0.406. The molecular formula is C24H22N4O6. The first-order valence-electron chi connectivity index (χ1n) is 10.5. The van der Waals surface area contributed by atoms with Gasteiger partial charge in [0, 0.05) is 43.2 Å². The lowest BCUT2D eigenvalue weighted by Gasteiger charge is -2.25. The van der Waals surface area contributed by atoms with Crippen molar-refractivity contribution in [2.24, 2.45) is 0 Å². The van der Waals surface area contributed by atoms with Crippen molar-refractivity contribution in [2.75, 3.05) is 13.7 Å². The van der Waals surface area contributed by atoms with Crippen molar-refractivity contribution in [3.8, 4) is 5.75 Å². The van der Waals surface area contributed by atoms with Crippen LogP contribution in [0.4, 0.5) is 5.69 Å². The lowest BCUT2D eigenvalue weighted by molar-refractivity contribution is -0.384. The summed E-state index contributed by atoms with van der Waals surface area (Å²) in [4.78, 5) is 42.2. The number of aryl methyl sites for hydroxylation is 1. The Hall–Kier alpha value is -4.47. The average molecular weight is 462 g/mol. The normalized spacial score (nSPS) is 17.2. The number of ether oxygens (including phenoxy) is 1. The van der Waals surface area contributed by atoms with Gasteiger partial charge in [-0.2, -0.15) is 0 Å². The molecule has 10 heteroatoms. The lowest BCUT2D eigenvalue weighted by atomic mass is 9.95. The highest BCUT2D eigenvalue weighted by atomic mass is 16.6. The van der Waals surface area contributed by atoms with Gasteiger partial charge in [-0.25, -0.2) is 4.98 Å². The van der Waals surface area contributed by atoms with Crippen molar-refractivity contribution < 1.29 is 24.4 Å². The Labute approximate surface area is 194 Å². The molecule has 34 heavy (non-hydrogen) atoms. The van der Waals surface area contributed by atoms with Crippen LogP contribution in [0.3, 0.4) is 0 Å². The summed E-state index contributed by atoms with van der Waals surface area (Å²) < 4.78 is 6.98. The molecule has 2 heterocycles. The van der Waals surface area contributed by atoms with E-state index in [-0.39, 0.29) is 23.6 Å². The van der Waals surface area contributed by atoms with Gasteiger partial charge in [0.2, 0.25) is 0 Å². The van der Waals surface area contributed by atoms with Crippen LogP contribution >= 0.6 is 0 Å². The smallest absolute Gasteiger partial charge is 0.295 e. The minimum absolute atomic E-state index is 0.113. The minimum Gasteiger partial charge on any atom is -0.507 e. The summed E-state index contributed by atoms with van der Waals surface area (Å²) in [5, 5.41) is 22.4. The predicted molar refractivity (Wildman–Crippen MR) is 122 cm³/mol. The highest BCUT2D eigenvalue weighted by Gasteiger charge is 2.46. The van der Waals surface area contributed by atoms with Crippen LogP contribution in [0.5, 0.6) is 5.75 Å². The molecule has 0 radical (unpaired) electrons. The molecule has 1 saturated heterocycles. The number of methoxy groups -OCH3 is 1. The maximum Gasteiger partial charge on any atom is 0.295 e. The third-order valence-electron chi connectivity index (χ3n) is 5.67. The molecule has 0 spiro atoms. The molecule has 2 aromatic carbocycles. The van der Waals surface area contributed by atoms with Crippen molar-refractivity contribution in [1.82, 2.24) is 14.5 Å². The van der Waals surface area contributed by atoms with Gasteiger partial charge in [-0.1, -0.05) is 12.1 Å². The van der Waals surface area contributed by atoms with E-state index in [1.807, 2.05) is 4.57 Å². The average Bonchev–Trinajstić information content (AvgIpc) is 3.46. The van der Waals surface area contributed by atoms with E-state index in [0.29, 0.717) is 29.8 Å². The Morgan fingerprint density at radius 2 is 1.94 bits per heavy atom. The third-order valence-corrected chi connectivity index (χ3v) is 5.67. The van der Waals surface area contributed by atoms with Crippen molar-refractivity contribution >= 4 is 23.1 Å². The topological polar surface area (TPSA) is 128 Å². The maximum absolute atomic E-state index is 13.1. The molecule has 1 amide bonds. The SMILES string of the molecule is COc1ccc(C(O)=C2C(=O)C(=O)N(CCCn3ccnc3)[C@H]2c2cccc([N+](=O)[O-])c2)cc1. The fraction of sp³-hybridized carbons (Fsp3) is 0.208. The highest BCUT2D eigenvalue weighted by Crippen LogP contribution is 2.40. The van der Waals surface area contributed by atoms with Crippen molar-refractivity contribution in [3.05, 3.63) is 94.1 Å². The Morgan fingerprint density at radius 1 is 1.18 bits per heavy atom. The molecule has 174 valence electrons. The molecule has 0 unspecified atom stereocenters. The molecule has 1 aliphatic rings. The van der Waals surface area contributed by atoms with Gasteiger partial charge in [-0.3, -0.25) is 19.7 Å². The van der Waals surface area contributed by atoms with Crippen LogP contribution in [0, 0.1) is 10.1 Å². The second kappa shape index (κ2) is 9.57. The number of nitrogens with zero attached hydrogens (tertiary/aromatic N) is 4. The highest BCUT2D eigenvalue weighted by molar-refractivity contribution is 6.46. The zero-order valence-electron chi connectivity index (χ0n) is 18.3. The van der Waals surface area contributed by atoms with Crippen molar-refractivity contribution in [3.63, 3.8) is 0 Å². The van der Waals surface area contributed by atoms with E-state index in [0.717, 1.165) is 0 Å². The standard InChI is InChI=1S/C24H22N4O6/c1-34-19-8-6-16(7-9-19)22(29)20-21(17-4-2-5-18(14-17)28(32)33)27(24(31)23(20)30)12-3-11-26-13-10-25-15-26/h2,4-10,13-15,21,29H,3,11-12H2,1H3/t21-/m0/s1. The quantitative estimate of drug-likeness (QED) is 0.179. The zero-order chi connectivity index (χ0) is 24.2. The first-order valence-corrected chi connectivity index (χ1v) is 10.5. The molecule has 0 aliphatic carbocycles. The number of aromatic nitrogens is 2. The number of hydrogen-bond acceptors (Lipinski definition) is 7. The van der Waals surface area contributed by atoms with Crippen LogP contribution in [0.1, 0.15) is 23.6 Å². The number of aliphatic hydroxyl groups excluding tert-OH is 1. The number of carbonyl (C=O) groups is 2. The van der Waals surface area contributed by atoms with E-state index in [1.54, 1.807) is 49.1 Å². The van der Waals surface area contributed by atoms with E-state index in [4.69, 9.17) is 4.74 Å². The van der Waals surface area contributed by atoms with Crippen molar-refractivity contribution in [1.29, 1.82) is 0 Å². The molecule has 4 rings (SSSR count).